The quantitative estimate of drug-likeness (QED) is 0.862. The number of hydrogen-bond donors (Lipinski definition) is 1. The summed E-state index contributed by atoms with van der Waals surface area (Å²) in [5, 5.41) is 0.774. The first-order valence-electron chi connectivity index (χ1n) is 6.73. The molecule has 2 N–H and O–H groups in total. The van der Waals surface area contributed by atoms with Crippen LogP contribution in [0.25, 0.3) is 0 Å². The van der Waals surface area contributed by atoms with Gasteiger partial charge in [-0.1, -0.05) is 67.4 Å². The zero-order chi connectivity index (χ0) is 13.8. The van der Waals surface area contributed by atoms with Crippen molar-refractivity contribution in [3.8, 4) is 0 Å². The van der Waals surface area contributed by atoms with Gasteiger partial charge in [-0.2, -0.15) is 0 Å². The molecule has 0 aliphatic heterocycles. The average Bonchev–Trinajstić information content (AvgIpc) is 2.42. The summed E-state index contributed by atoms with van der Waals surface area (Å²) in [5.41, 5.74) is 10.9. The van der Waals surface area contributed by atoms with Gasteiger partial charge in [0, 0.05) is 5.02 Å². The van der Waals surface area contributed by atoms with Gasteiger partial charge in [0.25, 0.3) is 0 Å². The summed E-state index contributed by atoms with van der Waals surface area (Å²) in [6.45, 7) is 4.19. The van der Waals surface area contributed by atoms with Gasteiger partial charge in [0.05, 0.1) is 6.04 Å². The molecule has 2 aromatic carbocycles. The van der Waals surface area contributed by atoms with Crippen LogP contribution in [0, 0.1) is 6.92 Å². The number of rotatable bonds is 4. The summed E-state index contributed by atoms with van der Waals surface area (Å²) >= 11 is 6.36. The van der Waals surface area contributed by atoms with E-state index in [1.807, 2.05) is 25.1 Å². The second kappa shape index (κ2) is 6.23. The molecule has 0 saturated heterocycles. The van der Waals surface area contributed by atoms with Crippen LogP contribution in [0.4, 0.5) is 0 Å². The predicted octanol–water partition coefficient (Wildman–Crippen LogP) is 4.65. The Morgan fingerprint density at radius 3 is 2.63 bits per heavy atom. The van der Waals surface area contributed by atoms with Gasteiger partial charge < -0.3 is 5.73 Å². The standard InChI is InChI=1S/C17H20ClN/c1-3-6-13-8-5-9-14(11-13)17(19)15-10-4-7-12(2)16(15)18/h4-5,7-11,17H,3,6,19H2,1-2H3. The molecule has 19 heavy (non-hydrogen) atoms. The second-order valence-electron chi connectivity index (χ2n) is 4.95. The Labute approximate surface area is 120 Å². The van der Waals surface area contributed by atoms with Gasteiger partial charge in [-0.3, -0.25) is 0 Å². The highest BCUT2D eigenvalue weighted by atomic mass is 35.5. The van der Waals surface area contributed by atoms with Gasteiger partial charge in [0.1, 0.15) is 0 Å². The van der Waals surface area contributed by atoms with E-state index < -0.39 is 0 Å². The first-order chi connectivity index (χ1) is 9.13. The Morgan fingerprint density at radius 1 is 1.16 bits per heavy atom. The molecule has 0 radical (unpaired) electrons. The molecular weight excluding hydrogens is 254 g/mol. The van der Waals surface area contributed by atoms with E-state index in [1.54, 1.807) is 0 Å². The molecule has 0 aliphatic rings. The van der Waals surface area contributed by atoms with Crippen LogP contribution in [-0.4, -0.2) is 0 Å². The zero-order valence-electron chi connectivity index (χ0n) is 11.5. The first-order valence-corrected chi connectivity index (χ1v) is 7.10. The lowest BCUT2D eigenvalue weighted by atomic mass is 9.96. The van der Waals surface area contributed by atoms with E-state index in [4.69, 9.17) is 17.3 Å². The monoisotopic (exact) mass is 273 g/mol. The van der Waals surface area contributed by atoms with Crippen LogP contribution < -0.4 is 5.73 Å². The average molecular weight is 274 g/mol. The van der Waals surface area contributed by atoms with E-state index in [0.29, 0.717) is 0 Å². The topological polar surface area (TPSA) is 26.0 Å². The lowest BCUT2D eigenvalue weighted by Crippen LogP contribution is -2.13. The second-order valence-corrected chi connectivity index (χ2v) is 5.33. The highest BCUT2D eigenvalue weighted by Crippen LogP contribution is 2.29. The zero-order valence-corrected chi connectivity index (χ0v) is 12.2. The molecule has 1 nitrogen and oxygen atoms in total. The summed E-state index contributed by atoms with van der Waals surface area (Å²) in [6, 6.07) is 14.3. The number of halogens is 1. The lowest BCUT2D eigenvalue weighted by molar-refractivity contribution is 0.857. The third-order valence-electron chi connectivity index (χ3n) is 3.41. The Hall–Kier alpha value is -1.31. The van der Waals surface area contributed by atoms with E-state index in [9.17, 15) is 0 Å². The summed E-state index contributed by atoms with van der Waals surface area (Å²) < 4.78 is 0. The predicted molar refractivity (Wildman–Crippen MR) is 82.7 cm³/mol. The van der Waals surface area contributed by atoms with Gasteiger partial charge in [0.15, 0.2) is 0 Å². The van der Waals surface area contributed by atoms with Crippen molar-refractivity contribution in [1.82, 2.24) is 0 Å². The molecule has 0 aliphatic carbocycles. The maximum absolute atomic E-state index is 6.37. The van der Waals surface area contributed by atoms with Gasteiger partial charge in [-0.25, -0.2) is 0 Å². The third kappa shape index (κ3) is 3.17. The van der Waals surface area contributed by atoms with E-state index in [0.717, 1.165) is 34.6 Å². The molecule has 0 saturated carbocycles. The van der Waals surface area contributed by atoms with E-state index in [2.05, 4.69) is 31.2 Å². The minimum atomic E-state index is -0.163. The van der Waals surface area contributed by atoms with Crippen molar-refractivity contribution in [2.75, 3.05) is 0 Å². The first kappa shape index (κ1) is 14.1. The van der Waals surface area contributed by atoms with Crippen LogP contribution >= 0.6 is 11.6 Å². The summed E-state index contributed by atoms with van der Waals surface area (Å²) in [6.07, 6.45) is 2.23. The number of nitrogens with two attached hydrogens (primary N) is 1. The van der Waals surface area contributed by atoms with Gasteiger partial charge in [-0.15, -0.1) is 0 Å². The molecule has 1 atom stereocenters. The van der Waals surface area contributed by atoms with E-state index in [1.165, 1.54) is 5.56 Å². The molecular formula is C17H20ClN. The fourth-order valence-electron chi connectivity index (χ4n) is 2.32. The smallest absolute Gasteiger partial charge is 0.0566 e. The van der Waals surface area contributed by atoms with Crippen molar-refractivity contribution in [3.63, 3.8) is 0 Å². The molecule has 0 amide bonds. The fourth-order valence-corrected chi connectivity index (χ4v) is 2.56. The largest absolute Gasteiger partial charge is 0.320 e. The lowest BCUT2D eigenvalue weighted by Gasteiger charge is -2.16. The molecule has 0 bridgehead atoms. The van der Waals surface area contributed by atoms with Crippen molar-refractivity contribution >= 4 is 11.6 Å². The molecule has 2 heteroatoms. The molecule has 0 heterocycles. The number of hydrogen-bond acceptors (Lipinski definition) is 1. The molecule has 1 unspecified atom stereocenters. The van der Waals surface area contributed by atoms with Crippen LogP contribution in [0.1, 0.15) is 41.6 Å². The Morgan fingerprint density at radius 2 is 1.89 bits per heavy atom. The minimum Gasteiger partial charge on any atom is -0.320 e. The van der Waals surface area contributed by atoms with Crippen molar-refractivity contribution in [1.29, 1.82) is 0 Å². The van der Waals surface area contributed by atoms with Crippen molar-refractivity contribution in [3.05, 3.63) is 69.7 Å². The Balaban J connectivity index is 2.35. The molecule has 0 spiro atoms. The van der Waals surface area contributed by atoms with Crippen molar-refractivity contribution < 1.29 is 0 Å². The highest BCUT2D eigenvalue weighted by Gasteiger charge is 2.13. The normalized spacial score (nSPS) is 12.4. The van der Waals surface area contributed by atoms with Gasteiger partial charge in [0.2, 0.25) is 0 Å². The Kier molecular flexibility index (Phi) is 4.62. The molecule has 0 aromatic heterocycles. The van der Waals surface area contributed by atoms with Crippen LogP contribution in [0.5, 0.6) is 0 Å². The molecule has 100 valence electrons. The SMILES string of the molecule is CCCc1cccc(C(N)c2cccc(C)c2Cl)c1. The van der Waals surface area contributed by atoms with Crippen LogP contribution in [0.3, 0.4) is 0 Å². The van der Waals surface area contributed by atoms with Crippen molar-refractivity contribution in [2.45, 2.75) is 32.7 Å². The highest BCUT2D eigenvalue weighted by molar-refractivity contribution is 6.32. The summed E-state index contributed by atoms with van der Waals surface area (Å²) in [7, 11) is 0. The maximum Gasteiger partial charge on any atom is 0.0566 e. The molecule has 2 rings (SSSR count). The van der Waals surface area contributed by atoms with Crippen LogP contribution in [0.15, 0.2) is 42.5 Å². The third-order valence-corrected chi connectivity index (χ3v) is 3.92. The van der Waals surface area contributed by atoms with Crippen molar-refractivity contribution in [2.24, 2.45) is 5.73 Å². The summed E-state index contributed by atoms with van der Waals surface area (Å²) in [4.78, 5) is 0. The van der Waals surface area contributed by atoms with Gasteiger partial charge >= 0.3 is 0 Å². The minimum absolute atomic E-state index is 0.163. The molecule has 0 fully saturated rings. The number of aryl methyl sites for hydroxylation is 2. The van der Waals surface area contributed by atoms with Crippen LogP contribution in [0.2, 0.25) is 5.02 Å². The van der Waals surface area contributed by atoms with Gasteiger partial charge in [-0.05, 0) is 35.6 Å². The number of benzene rings is 2. The van der Waals surface area contributed by atoms with E-state index >= 15 is 0 Å². The molecule has 2 aromatic rings. The Bertz CT molecular complexity index is 563. The van der Waals surface area contributed by atoms with E-state index in [-0.39, 0.29) is 6.04 Å². The summed E-state index contributed by atoms with van der Waals surface area (Å²) in [5.74, 6) is 0. The van der Waals surface area contributed by atoms with Crippen LogP contribution in [-0.2, 0) is 6.42 Å². The maximum atomic E-state index is 6.37. The fraction of sp³-hybridized carbons (Fsp3) is 0.294.